The summed E-state index contributed by atoms with van der Waals surface area (Å²) in [5.74, 6) is -0.161. The summed E-state index contributed by atoms with van der Waals surface area (Å²) in [5.41, 5.74) is 0.855. The van der Waals surface area contributed by atoms with E-state index in [1.165, 1.54) is 21.1 Å². The van der Waals surface area contributed by atoms with Crippen LogP contribution in [-0.4, -0.2) is 76.2 Å². The highest BCUT2D eigenvalue weighted by Gasteiger charge is 2.35. The minimum Gasteiger partial charge on any atom is -0.465 e. The van der Waals surface area contributed by atoms with Gasteiger partial charge < -0.3 is 25.5 Å². The molecule has 1 fully saturated rings. The third-order valence-corrected chi connectivity index (χ3v) is 6.02. The SMILES string of the molecule is CN1CCc2nc(C(=O)N[C@H]3CCN(C(=O)O)C[C@H]3NC(C)(C)C)sc2C1. The van der Waals surface area contributed by atoms with Crippen LogP contribution in [0, 0.1) is 0 Å². The van der Waals surface area contributed by atoms with Crippen molar-refractivity contribution < 1.29 is 14.7 Å². The number of nitrogens with one attached hydrogen (secondary N) is 2. The molecule has 9 heteroatoms. The summed E-state index contributed by atoms with van der Waals surface area (Å²) < 4.78 is 0. The van der Waals surface area contributed by atoms with Gasteiger partial charge in [-0.05, 0) is 34.2 Å². The van der Waals surface area contributed by atoms with E-state index in [4.69, 9.17) is 0 Å². The lowest BCUT2D eigenvalue weighted by Gasteiger charge is -2.41. The van der Waals surface area contributed by atoms with Crippen LogP contribution in [0.25, 0.3) is 0 Å². The van der Waals surface area contributed by atoms with E-state index in [1.54, 1.807) is 0 Å². The zero-order valence-electron chi connectivity index (χ0n) is 16.4. The Balaban J connectivity index is 1.70. The summed E-state index contributed by atoms with van der Waals surface area (Å²) in [6.07, 6.45) is 0.540. The van der Waals surface area contributed by atoms with Gasteiger partial charge in [-0.2, -0.15) is 0 Å². The van der Waals surface area contributed by atoms with Crippen molar-refractivity contribution in [2.45, 2.75) is 57.8 Å². The number of amides is 2. The lowest BCUT2D eigenvalue weighted by Crippen LogP contribution is -2.63. The zero-order chi connectivity index (χ0) is 19.8. The number of piperidine rings is 1. The highest BCUT2D eigenvalue weighted by molar-refractivity contribution is 7.13. The minimum absolute atomic E-state index is 0.129. The van der Waals surface area contributed by atoms with E-state index in [0.717, 1.165) is 25.2 Å². The third kappa shape index (κ3) is 4.97. The summed E-state index contributed by atoms with van der Waals surface area (Å²) in [5, 5.41) is 16.4. The molecule has 3 heterocycles. The number of carboxylic acid groups (broad SMARTS) is 1. The van der Waals surface area contributed by atoms with Crippen molar-refractivity contribution in [2.75, 3.05) is 26.7 Å². The first-order valence-electron chi connectivity index (χ1n) is 9.36. The van der Waals surface area contributed by atoms with Gasteiger partial charge in [0.2, 0.25) is 0 Å². The summed E-state index contributed by atoms with van der Waals surface area (Å²) >= 11 is 1.47. The molecule has 8 nitrogen and oxygen atoms in total. The lowest BCUT2D eigenvalue weighted by molar-refractivity contribution is 0.0848. The molecule has 0 aliphatic carbocycles. The van der Waals surface area contributed by atoms with Gasteiger partial charge in [0.1, 0.15) is 0 Å². The maximum atomic E-state index is 12.8. The Morgan fingerprint density at radius 1 is 1.26 bits per heavy atom. The fourth-order valence-corrected chi connectivity index (χ4v) is 4.74. The Morgan fingerprint density at radius 3 is 2.67 bits per heavy atom. The summed E-state index contributed by atoms with van der Waals surface area (Å²) in [6, 6.07) is -0.268. The van der Waals surface area contributed by atoms with Crippen LogP contribution in [0.15, 0.2) is 0 Å². The molecule has 3 rings (SSSR count). The van der Waals surface area contributed by atoms with E-state index in [2.05, 4.69) is 27.6 Å². The maximum absolute atomic E-state index is 12.8. The highest BCUT2D eigenvalue weighted by Crippen LogP contribution is 2.25. The Hall–Kier alpha value is -1.71. The second-order valence-electron chi connectivity index (χ2n) is 8.47. The Labute approximate surface area is 163 Å². The average molecular weight is 396 g/mol. The van der Waals surface area contributed by atoms with Gasteiger partial charge in [-0.1, -0.05) is 0 Å². The highest BCUT2D eigenvalue weighted by atomic mass is 32.1. The summed E-state index contributed by atoms with van der Waals surface area (Å²) in [4.78, 5) is 33.5. The Morgan fingerprint density at radius 2 is 2.00 bits per heavy atom. The number of likely N-dealkylation sites (N-methyl/N-ethyl adjacent to an activating group) is 1. The van der Waals surface area contributed by atoms with Crippen molar-refractivity contribution in [1.82, 2.24) is 25.4 Å². The van der Waals surface area contributed by atoms with Crippen molar-refractivity contribution in [3.63, 3.8) is 0 Å². The van der Waals surface area contributed by atoms with Gasteiger partial charge in [-0.3, -0.25) is 4.79 Å². The molecule has 2 aliphatic rings. The van der Waals surface area contributed by atoms with Crippen LogP contribution >= 0.6 is 11.3 Å². The molecule has 2 amide bonds. The van der Waals surface area contributed by atoms with E-state index in [-0.39, 0.29) is 23.5 Å². The molecule has 0 saturated carbocycles. The number of hydrogen-bond donors (Lipinski definition) is 3. The second-order valence-corrected chi connectivity index (χ2v) is 9.56. The quantitative estimate of drug-likeness (QED) is 0.715. The smallest absolute Gasteiger partial charge is 0.407 e. The zero-order valence-corrected chi connectivity index (χ0v) is 17.2. The van der Waals surface area contributed by atoms with Gasteiger partial charge in [0, 0.05) is 55.1 Å². The van der Waals surface area contributed by atoms with Crippen LogP contribution in [0.5, 0.6) is 0 Å². The molecule has 150 valence electrons. The molecule has 0 aromatic carbocycles. The summed E-state index contributed by atoms with van der Waals surface area (Å²) in [7, 11) is 2.07. The van der Waals surface area contributed by atoms with Crippen LogP contribution in [0.1, 0.15) is 47.6 Å². The number of carbonyl (C=O) groups excluding carboxylic acids is 1. The second kappa shape index (κ2) is 7.73. The van der Waals surface area contributed by atoms with E-state index < -0.39 is 6.09 Å². The number of likely N-dealkylation sites (tertiary alicyclic amines) is 1. The molecule has 2 aliphatic heterocycles. The van der Waals surface area contributed by atoms with Gasteiger partial charge >= 0.3 is 6.09 Å². The first-order chi connectivity index (χ1) is 12.6. The van der Waals surface area contributed by atoms with Crippen molar-refractivity contribution in [3.8, 4) is 0 Å². The third-order valence-electron chi connectivity index (χ3n) is 4.93. The summed E-state index contributed by atoms with van der Waals surface area (Å²) in [6.45, 7) is 8.69. The van der Waals surface area contributed by atoms with E-state index in [0.29, 0.717) is 24.5 Å². The number of thiazole rings is 1. The molecule has 0 bridgehead atoms. The molecule has 2 atom stereocenters. The van der Waals surface area contributed by atoms with E-state index in [1.807, 2.05) is 20.8 Å². The molecule has 0 spiro atoms. The monoisotopic (exact) mass is 395 g/mol. The largest absolute Gasteiger partial charge is 0.465 e. The normalized spacial score (nSPS) is 23.8. The fourth-order valence-electron chi connectivity index (χ4n) is 3.65. The van der Waals surface area contributed by atoms with Gasteiger partial charge in [0.25, 0.3) is 5.91 Å². The topological polar surface area (TPSA) is 97.8 Å². The van der Waals surface area contributed by atoms with Gasteiger partial charge in [0.15, 0.2) is 5.01 Å². The molecule has 0 unspecified atom stereocenters. The van der Waals surface area contributed by atoms with Gasteiger partial charge in [-0.15, -0.1) is 11.3 Å². The minimum atomic E-state index is -0.919. The molecule has 1 aromatic heterocycles. The van der Waals surface area contributed by atoms with Crippen molar-refractivity contribution in [2.24, 2.45) is 0 Å². The Bertz CT molecular complexity index is 714. The van der Waals surface area contributed by atoms with Crippen molar-refractivity contribution in [1.29, 1.82) is 0 Å². The molecule has 27 heavy (non-hydrogen) atoms. The van der Waals surface area contributed by atoms with Crippen LogP contribution in [0.2, 0.25) is 0 Å². The number of nitrogens with zero attached hydrogens (tertiary/aromatic N) is 3. The average Bonchev–Trinajstić information content (AvgIpc) is 2.98. The van der Waals surface area contributed by atoms with Crippen molar-refractivity contribution in [3.05, 3.63) is 15.6 Å². The van der Waals surface area contributed by atoms with Crippen LogP contribution < -0.4 is 10.6 Å². The number of fused-ring (bicyclic) bond motifs is 1. The van der Waals surface area contributed by atoms with Crippen LogP contribution in [-0.2, 0) is 13.0 Å². The first-order valence-corrected chi connectivity index (χ1v) is 10.2. The molecule has 1 aromatic rings. The van der Waals surface area contributed by atoms with Crippen LogP contribution in [0.3, 0.4) is 0 Å². The molecule has 0 radical (unpaired) electrons. The number of hydrogen-bond acceptors (Lipinski definition) is 6. The molecular weight excluding hydrogens is 366 g/mol. The predicted octanol–water partition coefficient (Wildman–Crippen LogP) is 1.37. The van der Waals surface area contributed by atoms with Crippen LogP contribution in [0.4, 0.5) is 4.79 Å². The maximum Gasteiger partial charge on any atom is 0.407 e. The fraction of sp³-hybridized carbons (Fsp3) is 0.722. The standard InChI is InChI=1S/C18H29N5O3S/c1-18(2,3)21-13-9-23(17(25)26)8-6-11(13)19-15(24)16-20-12-5-7-22(4)10-14(12)27-16/h11,13,21H,5-10H2,1-4H3,(H,19,24)(H,25,26)/t11-,13+/m0/s1. The first kappa shape index (κ1) is 20.0. The number of carbonyl (C=O) groups is 2. The van der Waals surface area contributed by atoms with Gasteiger partial charge in [0.05, 0.1) is 5.69 Å². The number of rotatable bonds is 3. The predicted molar refractivity (Wildman–Crippen MR) is 104 cm³/mol. The molecule has 1 saturated heterocycles. The van der Waals surface area contributed by atoms with Crippen molar-refractivity contribution >= 4 is 23.3 Å². The van der Waals surface area contributed by atoms with Gasteiger partial charge in [-0.25, -0.2) is 9.78 Å². The Kier molecular flexibility index (Phi) is 5.73. The molecular formula is C18H29N5O3S. The molecule has 3 N–H and O–H groups in total. The van der Waals surface area contributed by atoms with E-state index in [9.17, 15) is 14.7 Å². The number of aromatic nitrogens is 1. The van der Waals surface area contributed by atoms with E-state index >= 15 is 0 Å². The lowest BCUT2D eigenvalue weighted by atomic mass is 9.96.